The van der Waals surface area contributed by atoms with Gasteiger partial charge >= 0.3 is 0 Å². The van der Waals surface area contributed by atoms with Crippen LogP contribution in [-0.2, 0) is 5.41 Å². The molecule has 1 heterocycles. The summed E-state index contributed by atoms with van der Waals surface area (Å²) in [4.78, 5) is 4.53. The van der Waals surface area contributed by atoms with Gasteiger partial charge in [0.15, 0.2) is 0 Å². The van der Waals surface area contributed by atoms with Gasteiger partial charge in [0.05, 0.1) is 17.5 Å². The molecule has 1 aliphatic rings. The highest BCUT2D eigenvalue weighted by Crippen LogP contribution is 2.44. The maximum atomic E-state index is 9.57. The number of aryl methyl sites for hydroxylation is 1. The highest BCUT2D eigenvalue weighted by Gasteiger charge is 2.46. The summed E-state index contributed by atoms with van der Waals surface area (Å²) in [6, 6.07) is 13.3. The van der Waals surface area contributed by atoms with Crippen LogP contribution in [0.1, 0.15) is 42.1 Å². The van der Waals surface area contributed by atoms with Crippen molar-refractivity contribution in [2.24, 2.45) is 0 Å². The monoisotopic (exact) mass is 297 g/mol. The van der Waals surface area contributed by atoms with Crippen LogP contribution in [0.25, 0.3) is 0 Å². The lowest BCUT2D eigenvalue weighted by atomic mass is 9.62. The minimum atomic E-state index is -0.308. The number of nitriles is 1. The Hall–Kier alpha value is -1.70. The molecule has 1 unspecified atom stereocenters. The quantitative estimate of drug-likeness (QED) is 0.935. The number of hydrogen-bond acceptors (Lipinski definition) is 4. The van der Waals surface area contributed by atoms with Crippen LogP contribution in [0.2, 0.25) is 0 Å². The molecule has 108 valence electrons. The van der Waals surface area contributed by atoms with Gasteiger partial charge in [0.2, 0.25) is 0 Å². The zero-order valence-electron chi connectivity index (χ0n) is 12.3. The lowest BCUT2D eigenvalue weighted by Crippen LogP contribution is -2.51. The van der Waals surface area contributed by atoms with Crippen molar-refractivity contribution in [2.45, 2.75) is 44.2 Å². The van der Waals surface area contributed by atoms with Gasteiger partial charge in [-0.15, -0.1) is 11.3 Å². The second-order valence-corrected chi connectivity index (χ2v) is 6.77. The first-order chi connectivity index (χ1) is 10.1. The van der Waals surface area contributed by atoms with E-state index in [4.69, 9.17) is 0 Å². The van der Waals surface area contributed by atoms with Crippen molar-refractivity contribution >= 4 is 11.3 Å². The molecule has 1 aromatic heterocycles. The maximum absolute atomic E-state index is 9.57. The Morgan fingerprint density at radius 3 is 2.67 bits per heavy atom. The third-order valence-corrected chi connectivity index (χ3v) is 5.37. The molecule has 1 N–H and O–H groups in total. The van der Waals surface area contributed by atoms with E-state index in [0.717, 1.165) is 29.1 Å². The van der Waals surface area contributed by atoms with Gasteiger partial charge in [0, 0.05) is 17.1 Å². The molecule has 1 fully saturated rings. The molecule has 0 aliphatic heterocycles. The van der Waals surface area contributed by atoms with E-state index in [-0.39, 0.29) is 11.5 Å². The lowest BCUT2D eigenvalue weighted by molar-refractivity contribution is 0.212. The minimum Gasteiger partial charge on any atom is -0.305 e. The first-order valence-electron chi connectivity index (χ1n) is 7.28. The van der Waals surface area contributed by atoms with Gasteiger partial charge in [-0.2, -0.15) is 5.26 Å². The van der Waals surface area contributed by atoms with E-state index >= 15 is 0 Å². The van der Waals surface area contributed by atoms with Crippen molar-refractivity contribution in [3.05, 3.63) is 52.0 Å². The minimum absolute atomic E-state index is 0.251. The summed E-state index contributed by atoms with van der Waals surface area (Å²) in [5.74, 6) is 0. The number of rotatable bonds is 4. The van der Waals surface area contributed by atoms with Crippen molar-refractivity contribution in [3.63, 3.8) is 0 Å². The van der Waals surface area contributed by atoms with Crippen LogP contribution in [0, 0.1) is 18.3 Å². The van der Waals surface area contributed by atoms with Crippen molar-refractivity contribution < 1.29 is 0 Å². The Bertz CT molecular complexity index is 650. The fourth-order valence-corrected chi connectivity index (χ4v) is 3.86. The Morgan fingerprint density at radius 2 is 2.10 bits per heavy atom. The molecule has 0 bridgehead atoms. The molecule has 4 heteroatoms. The van der Waals surface area contributed by atoms with Gasteiger partial charge in [-0.05, 0) is 32.3 Å². The molecule has 2 aromatic rings. The zero-order valence-corrected chi connectivity index (χ0v) is 13.2. The average Bonchev–Trinajstić information content (AvgIpc) is 2.90. The van der Waals surface area contributed by atoms with E-state index in [0.29, 0.717) is 6.04 Å². The first kappa shape index (κ1) is 14.2. The molecule has 0 amide bonds. The molecular formula is C17H19N3S. The zero-order chi connectivity index (χ0) is 14.9. The Balaban J connectivity index is 1.64. The second kappa shape index (κ2) is 5.59. The fraction of sp³-hybridized carbons (Fsp3) is 0.412. The largest absolute Gasteiger partial charge is 0.305 e. The maximum Gasteiger partial charge on any atom is 0.110 e. The molecule has 21 heavy (non-hydrogen) atoms. The fourth-order valence-electron chi connectivity index (χ4n) is 3.04. The molecular weight excluding hydrogens is 278 g/mol. The summed E-state index contributed by atoms with van der Waals surface area (Å²) in [7, 11) is 0. The van der Waals surface area contributed by atoms with E-state index in [9.17, 15) is 5.26 Å². The van der Waals surface area contributed by atoms with Crippen molar-refractivity contribution in [3.8, 4) is 6.07 Å². The SMILES string of the molecule is Cc1csc(C(C)NC2CC(C#N)(c3ccccc3)C2)n1. The van der Waals surface area contributed by atoms with E-state index in [1.54, 1.807) is 11.3 Å². The van der Waals surface area contributed by atoms with Gasteiger partial charge < -0.3 is 5.32 Å². The van der Waals surface area contributed by atoms with Crippen LogP contribution >= 0.6 is 11.3 Å². The number of benzene rings is 1. The van der Waals surface area contributed by atoms with E-state index in [1.165, 1.54) is 0 Å². The molecule has 1 aliphatic carbocycles. The number of hydrogen-bond donors (Lipinski definition) is 1. The van der Waals surface area contributed by atoms with Crippen molar-refractivity contribution in [1.82, 2.24) is 10.3 Å². The third-order valence-electron chi connectivity index (χ3n) is 4.22. The first-order valence-corrected chi connectivity index (χ1v) is 8.16. The number of nitrogens with one attached hydrogen (secondary N) is 1. The van der Waals surface area contributed by atoms with Gasteiger partial charge in [-0.3, -0.25) is 0 Å². The molecule has 0 spiro atoms. The molecule has 3 rings (SSSR count). The van der Waals surface area contributed by atoms with Crippen LogP contribution < -0.4 is 5.32 Å². The Kier molecular flexibility index (Phi) is 3.79. The molecule has 0 radical (unpaired) electrons. The number of nitrogens with zero attached hydrogens (tertiary/aromatic N) is 2. The van der Waals surface area contributed by atoms with Crippen LogP contribution in [0.15, 0.2) is 35.7 Å². The standard InChI is InChI=1S/C17H19N3S/c1-12-10-21-16(19-12)13(2)20-15-8-17(9-15,11-18)14-6-4-3-5-7-14/h3-7,10,13,15,20H,8-9H2,1-2H3. The van der Waals surface area contributed by atoms with Crippen molar-refractivity contribution in [1.29, 1.82) is 5.26 Å². The Labute approximate surface area is 129 Å². The summed E-state index contributed by atoms with van der Waals surface area (Å²) in [5, 5.41) is 16.4. The van der Waals surface area contributed by atoms with E-state index in [2.05, 4.69) is 40.8 Å². The van der Waals surface area contributed by atoms with Crippen LogP contribution in [0.5, 0.6) is 0 Å². The van der Waals surface area contributed by atoms with Gasteiger partial charge in [-0.1, -0.05) is 30.3 Å². The predicted octanol–water partition coefficient (Wildman–Crippen LogP) is 3.73. The van der Waals surface area contributed by atoms with Crippen LogP contribution in [-0.4, -0.2) is 11.0 Å². The molecule has 0 saturated heterocycles. The van der Waals surface area contributed by atoms with Gasteiger partial charge in [0.25, 0.3) is 0 Å². The number of thiazole rings is 1. The van der Waals surface area contributed by atoms with Gasteiger partial charge in [0.1, 0.15) is 5.01 Å². The number of aromatic nitrogens is 1. The lowest BCUT2D eigenvalue weighted by Gasteiger charge is -2.44. The van der Waals surface area contributed by atoms with E-state index < -0.39 is 0 Å². The normalized spacial score (nSPS) is 25.9. The molecule has 1 aromatic carbocycles. The summed E-state index contributed by atoms with van der Waals surface area (Å²) >= 11 is 1.70. The van der Waals surface area contributed by atoms with Crippen LogP contribution in [0.3, 0.4) is 0 Å². The van der Waals surface area contributed by atoms with E-state index in [1.807, 2.05) is 25.1 Å². The topological polar surface area (TPSA) is 48.7 Å². The predicted molar refractivity (Wildman–Crippen MR) is 85.2 cm³/mol. The summed E-state index contributed by atoms with van der Waals surface area (Å²) in [5.41, 5.74) is 1.91. The summed E-state index contributed by atoms with van der Waals surface area (Å²) in [6.45, 7) is 4.17. The summed E-state index contributed by atoms with van der Waals surface area (Å²) in [6.07, 6.45) is 1.75. The highest BCUT2D eigenvalue weighted by molar-refractivity contribution is 7.09. The second-order valence-electron chi connectivity index (χ2n) is 5.88. The molecule has 3 nitrogen and oxygen atoms in total. The van der Waals surface area contributed by atoms with Crippen LogP contribution in [0.4, 0.5) is 0 Å². The van der Waals surface area contributed by atoms with Gasteiger partial charge in [-0.25, -0.2) is 4.98 Å². The third kappa shape index (κ3) is 2.72. The average molecular weight is 297 g/mol. The summed E-state index contributed by atoms with van der Waals surface area (Å²) < 4.78 is 0. The Morgan fingerprint density at radius 1 is 1.38 bits per heavy atom. The highest BCUT2D eigenvalue weighted by atomic mass is 32.1. The molecule has 1 saturated carbocycles. The smallest absolute Gasteiger partial charge is 0.110 e. The van der Waals surface area contributed by atoms with Crippen molar-refractivity contribution in [2.75, 3.05) is 0 Å². The molecule has 1 atom stereocenters.